The largest absolute Gasteiger partial charge is 0.317 e. The van der Waals surface area contributed by atoms with Gasteiger partial charge in [-0.05, 0) is 58.3 Å². The zero-order chi connectivity index (χ0) is 10.4. The van der Waals surface area contributed by atoms with Crippen LogP contribution in [0.5, 0.6) is 0 Å². The molecular formula is C12H26N2. The molecule has 1 atom stereocenters. The molecule has 0 spiro atoms. The van der Waals surface area contributed by atoms with E-state index in [1.807, 2.05) is 0 Å². The van der Waals surface area contributed by atoms with Gasteiger partial charge in [0.1, 0.15) is 0 Å². The maximum absolute atomic E-state index is 3.46. The second-order valence-corrected chi connectivity index (χ2v) is 4.54. The van der Waals surface area contributed by atoms with Crippen molar-refractivity contribution < 1.29 is 0 Å². The van der Waals surface area contributed by atoms with Crippen LogP contribution in [0.1, 0.15) is 40.0 Å². The molecule has 2 heteroatoms. The van der Waals surface area contributed by atoms with Gasteiger partial charge in [-0.2, -0.15) is 0 Å². The molecule has 0 saturated carbocycles. The third kappa shape index (κ3) is 3.58. The van der Waals surface area contributed by atoms with E-state index in [9.17, 15) is 0 Å². The van der Waals surface area contributed by atoms with Gasteiger partial charge >= 0.3 is 0 Å². The van der Waals surface area contributed by atoms with Gasteiger partial charge in [0.25, 0.3) is 0 Å². The van der Waals surface area contributed by atoms with Crippen LogP contribution < -0.4 is 5.32 Å². The second-order valence-electron chi connectivity index (χ2n) is 4.54. The fraction of sp³-hybridized carbons (Fsp3) is 1.00. The van der Waals surface area contributed by atoms with Crippen molar-refractivity contribution in [1.29, 1.82) is 0 Å². The molecule has 0 aliphatic carbocycles. The fourth-order valence-electron chi connectivity index (χ4n) is 2.20. The van der Waals surface area contributed by atoms with E-state index >= 15 is 0 Å². The maximum Gasteiger partial charge on any atom is 0.00643 e. The van der Waals surface area contributed by atoms with Crippen molar-refractivity contribution in [1.82, 2.24) is 10.2 Å². The van der Waals surface area contributed by atoms with Crippen LogP contribution in [0.4, 0.5) is 0 Å². The van der Waals surface area contributed by atoms with E-state index in [0.29, 0.717) is 0 Å². The molecular weight excluding hydrogens is 172 g/mol. The molecule has 0 radical (unpaired) electrons. The topological polar surface area (TPSA) is 15.3 Å². The molecule has 1 saturated heterocycles. The van der Waals surface area contributed by atoms with E-state index in [1.165, 1.54) is 38.9 Å². The van der Waals surface area contributed by atoms with Crippen LogP contribution in [0.15, 0.2) is 0 Å². The van der Waals surface area contributed by atoms with Gasteiger partial charge in [0.05, 0.1) is 0 Å². The van der Waals surface area contributed by atoms with Gasteiger partial charge in [-0.1, -0.05) is 13.8 Å². The molecule has 14 heavy (non-hydrogen) atoms. The van der Waals surface area contributed by atoms with Crippen molar-refractivity contribution in [3.8, 4) is 0 Å². The monoisotopic (exact) mass is 198 g/mol. The van der Waals surface area contributed by atoms with Gasteiger partial charge in [0, 0.05) is 6.04 Å². The lowest BCUT2D eigenvalue weighted by molar-refractivity contribution is 0.137. The lowest BCUT2D eigenvalue weighted by atomic mass is 9.95. The summed E-state index contributed by atoms with van der Waals surface area (Å²) in [6.07, 6.45) is 4.06. The van der Waals surface area contributed by atoms with Gasteiger partial charge in [0.15, 0.2) is 0 Å². The highest BCUT2D eigenvalue weighted by Gasteiger charge is 2.21. The van der Waals surface area contributed by atoms with E-state index in [0.717, 1.165) is 18.5 Å². The van der Waals surface area contributed by atoms with Crippen molar-refractivity contribution in [2.24, 2.45) is 5.92 Å². The summed E-state index contributed by atoms with van der Waals surface area (Å²) in [6, 6.07) is 0.787. The van der Waals surface area contributed by atoms with Gasteiger partial charge in [-0.3, -0.25) is 0 Å². The smallest absolute Gasteiger partial charge is 0.00643 e. The first kappa shape index (κ1) is 12.0. The Morgan fingerprint density at radius 2 is 1.93 bits per heavy atom. The van der Waals surface area contributed by atoms with Gasteiger partial charge < -0.3 is 10.2 Å². The average Bonchev–Trinajstić information content (AvgIpc) is 2.26. The zero-order valence-corrected chi connectivity index (χ0v) is 10.1. The predicted octanol–water partition coefficient (Wildman–Crippen LogP) is 2.11. The van der Waals surface area contributed by atoms with Gasteiger partial charge in [0.2, 0.25) is 0 Å². The number of likely N-dealkylation sites (tertiary alicyclic amines) is 1. The quantitative estimate of drug-likeness (QED) is 0.728. The van der Waals surface area contributed by atoms with E-state index in [-0.39, 0.29) is 0 Å². The zero-order valence-electron chi connectivity index (χ0n) is 10.1. The molecule has 0 bridgehead atoms. The minimum Gasteiger partial charge on any atom is -0.317 e. The Bertz CT molecular complexity index is 139. The third-order valence-corrected chi connectivity index (χ3v) is 3.55. The van der Waals surface area contributed by atoms with E-state index in [4.69, 9.17) is 0 Å². The number of hydrogen-bond acceptors (Lipinski definition) is 2. The Balaban J connectivity index is 2.17. The molecule has 1 aliphatic heterocycles. The molecule has 84 valence electrons. The van der Waals surface area contributed by atoms with Crippen LogP contribution in [-0.2, 0) is 0 Å². The Morgan fingerprint density at radius 3 is 2.43 bits per heavy atom. The van der Waals surface area contributed by atoms with Crippen molar-refractivity contribution in [2.45, 2.75) is 46.1 Å². The summed E-state index contributed by atoms with van der Waals surface area (Å²) in [5, 5.41) is 3.46. The van der Waals surface area contributed by atoms with E-state index < -0.39 is 0 Å². The van der Waals surface area contributed by atoms with Crippen LogP contribution in [0.2, 0.25) is 0 Å². The minimum atomic E-state index is 0.787. The maximum atomic E-state index is 3.46. The average molecular weight is 198 g/mol. The molecule has 1 N–H and O–H groups in total. The Labute approximate surface area is 89.1 Å². The Kier molecular flexibility index (Phi) is 5.49. The molecule has 0 aromatic rings. The van der Waals surface area contributed by atoms with Crippen LogP contribution in [0, 0.1) is 5.92 Å². The van der Waals surface area contributed by atoms with E-state index in [2.05, 4.69) is 31.0 Å². The number of piperidine rings is 1. The standard InChI is InChI=1S/C12H26N2/c1-4-11(3)14-8-6-12(7-9-14)10-13-5-2/h11-13H,4-10H2,1-3H3. The molecule has 2 nitrogen and oxygen atoms in total. The molecule has 0 amide bonds. The summed E-state index contributed by atoms with van der Waals surface area (Å²) in [5.74, 6) is 0.926. The molecule has 0 aromatic carbocycles. The highest BCUT2D eigenvalue weighted by atomic mass is 15.2. The van der Waals surface area contributed by atoms with Crippen LogP contribution in [0.25, 0.3) is 0 Å². The first-order valence-corrected chi connectivity index (χ1v) is 6.22. The minimum absolute atomic E-state index is 0.787. The SMILES string of the molecule is CCNCC1CCN(C(C)CC)CC1. The lowest BCUT2D eigenvalue weighted by Crippen LogP contribution is -2.41. The molecule has 0 aromatic heterocycles. The number of nitrogens with one attached hydrogen (secondary N) is 1. The second kappa shape index (κ2) is 6.41. The number of rotatable bonds is 5. The lowest BCUT2D eigenvalue weighted by Gasteiger charge is -2.35. The highest BCUT2D eigenvalue weighted by molar-refractivity contribution is 4.76. The third-order valence-electron chi connectivity index (χ3n) is 3.55. The molecule has 1 heterocycles. The summed E-state index contributed by atoms with van der Waals surface area (Å²) in [4.78, 5) is 2.64. The number of hydrogen-bond donors (Lipinski definition) is 1. The molecule has 1 aliphatic rings. The van der Waals surface area contributed by atoms with Crippen molar-refractivity contribution >= 4 is 0 Å². The molecule has 1 unspecified atom stereocenters. The summed E-state index contributed by atoms with van der Waals surface area (Å²) < 4.78 is 0. The summed E-state index contributed by atoms with van der Waals surface area (Å²) >= 11 is 0. The highest BCUT2D eigenvalue weighted by Crippen LogP contribution is 2.19. The van der Waals surface area contributed by atoms with E-state index in [1.54, 1.807) is 0 Å². The van der Waals surface area contributed by atoms with Crippen LogP contribution in [0.3, 0.4) is 0 Å². The summed E-state index contributed by atoms with van der Waals surface area (Å²) in [6.45, 7) is 11.8. The predicted molar refractivity (Wildman–Crippen MR) is 62.6 cm³/mol. The molecule has 1 fully saturated rings. The molecule has 1 rings (SSSR count). The Morgan fingerprint density at radius 1 is 1.29 bits per heavy atom. The van der Waals surface area contributed by atoms with Crippen molar-refractivity contribution in [2.75, 3.05) is 26.2 Å². The van der Waals surface area contributed by atoms with Crippen LogP contribution >= 0.6 is 0 Å². The van der Waals surface area contributed by atoms with Gasteiger partial charge in [-0.15, -0.1) is 0 Å². The van der Waals surface area contributed by atoms with Crippen LogP contribution in [-0.4, -0.2) is 37.1 Å². The summed E-state index contributed by atoms with van der Waals surface area (Å²) in [5.41, 5.74) is 0. The summed E-state index contributed by atoms with van der Waals surface area (Å²) in [7, 11) is 0. The fourth-order valence-corrected chi connectivity index (χ4v) is 2.20. The normalized spacial score (nSPS) is 22.5. The van der Waals surface area contributed by atoms with Crippen molar-refractivity contribution in [3.05, 3.63) is 0 Å². The van der Waals surface area contributed by atoms with Crippen molar-refractivity contribution in [3.63, 3.8) is 0 Å². The first-order chi connectivity index (χ1) is 6.77. The first-order valence-electron chi connectivity index (χ1n) is 6.22. The van der Waals surface area contributed by atoms with Gasteiger partial charge in [-0.25, -0.2) is 0 Å². The Hall–Kier alpha value is -0.0800. The number of nitrogens with zero attached hydrogens (tertiary/aromatic N) is 1.